The Morgan fingerprint density at radius 3 is 2.68 bits per heavy atom. The number of ether oxygens (including phenoxy) is 1. The van der Waals surface area contributed by atoms with Crippen molar-refractivity contribution in [3.63, 3.8) is 0 Å². The maximum absolute atomic E-state index is 5.70. The second-order valence-corrected chi connectivity index (χ2v) is 5.52. The number of hydrogen-bond donors (Lipinski definition) is 1. The van der Waals surface area contributed by atoms with E-state index in [1.807, 2.05) is 0 Å². The zero-order valence-electron chi connectivity index (χ0n) is 12.9. The Balaban J connectivity index is 2.57. The molecule has 0 amide bonds. The number of benzene rings is 1. The first-order valence-electron chi connectivity index (χ1n) is 7.52. The van der Waals surface area contributed by atoms with Gasteiger partial charge < -0.3 is 10.1 Å². The quantitative estimate of drug-likeness (QED) is 0.682. The monoisotopic (exact) mass is 263 g/mol. The molecule has 2 heteroatoms. The summed E-state index contributed by atoms with van der Waals surface area (Å²) in [5.41, 5.74) is 2.76. The molecule has 1 N–H and O–H groups in total. The lowest BCUT2D eigenvalue weighted by molar-refractivity contribution is 0.0733. The third-order valence-corrected chi connectivity index (χ3v) is 3.25. The second-order valence-electron chi connectivity index (χ2n) is 5.52. The normalized spacial score (nSPS) is 12.9. The standard InChI is InChI=1S/C17H29NO/c1-5-10-18-13-17(9-11-19-14(2)3)16-8-6-7-15(4)12-16/h6-8,12,14,17-18H,5,9-11,13H2,1-4H3. The molecule has 0 fully saturated rings. The first-order chi connectivity index (χ1) is 9.13. The smallest absolute Gasteiger partial charge is 0.0518 e. The summed E-state index contributed by atoms with van der Waals surface area (Å²) < 4.78 is 5.70. The zero-order chi connectivity index (χ0) is 14.1. The van der Waals surface area contributed by atoms with E-state index in [0.717, 1.165) is 26.1 Å². The van der Waals surface area contributed by atoms with Crippen LogP contribution in [0.2, 0.25) is 0 Å². The van der Waals surface area contributed by atoms with Crippen molar-refractivity contribution < 1.29 is 4.74 Å². The van der Waals surface area contributed by atoms with Crippen LogP contribution < -0.4 is 5.32 Å². The Labute approximate surface area is 118 Å². The molecule has 0 aliphatic carbocycles. The Morgan fingerprint density at radius 1 is 1.26 bits per heavy atom. The van der Waals surface area contributed by atoms with Crippen molar-refractivity contribution in [3.05, 3.63) is 35.4 Å². The van der Waals surface area contributed by atoms with E-state index >= 15 is 0 Å². The van der Waals surface area contributed by atoms with Gasteiger partial charge in [0.15, 0.2) is 0 Å². The molecule has 1 unspecified atom stereocenters. The van der Waals surface area contributed by atoms with Gasteiger partial charge in [-0.2, -0.15) is 0 Å². The van der Waals surface area contributed by atoms with Crippen molar-refractivity contribution in [3.8, 4) is 0 Å². The van der Waals surface area contributed by atoms with Crippen molar-refractivity contribution >= 4 is 0 Å². The van der Waals surface area contributed by atoms with E-state index < -0.39 is 0 Å². The molecule has 0 heterocycles. The molecule has 0 aromatic heterocycles. The van der Waals surface area contributed by atoms with Crippen LogP contribution in [0.3, 0.4) is 0 Å². The van der Waals surface area contributed by atoms with Gasteiger partial charge in [-0.05, 0) is 51.6 Å². The highest BCUT2D eigenvalue weighted by Crippen LogP contribution is 2.20. The summed E-state index contributed by atoms with van der Waals surface area (Å²) in [6.07, 6.45) is 2.59. The molecular formula is C17H29NO. The average molecular weight is 263 g/mol. The van der Waals surface area contributed by atoms with Crippen LogP contribution in [0.15, 0.2) is 24.3 Å². The van der Waals surface area contributed by atoms with Crippen LogP contribution in [-0.2, 0) is 4.74 Å². The predicted molar refractivity (Wildman–Crippen MR) is 82.8 cm³/mol. The van der Waals surface area contributed by atoms with Gasteiger partial charge in [0.05, 0.1) is 6.10 Å². The van der Waals surface area contributed by atoms with E-state index in [1.165, 1.54) is 17.5 Å². The Hall–Kier alpha value is -0.860. The molecule has 0 bridgehead atoms. The Bertz CT molecular complexity index is 349. The molecule has 0 spiro atoms. The highest BCUT2D eigenvalue weighted by atomic mass is 16.5. The molecule has 1 aromatic carbocycles. The van der Waals surface area contributed by atoms with Crippen LogP contribution in [0.25, 0.3) is 0 Å². The van der Waals surface area contributed by atoms with Gasteiger partial charge in [0.2, 0.25) is 0 Å². The summed E-state index contributed by atoms with van der Waals surface area (Å²) >= 11 is 0. The lowest BCUT2D eigenvalue weighted by Crippen LogP contribution is -2.23. The lowest BCUT2D eigenvalue weighted by Gasteiger charge is -2.19. The summed E-state index contributed by atoms with van der Waals surface area (Å²) in [6.45, 7) is 11.5. The summed E-state index contributed by atoms with van der Waals surface area (Å²) in [5, 5.41) is 3.54. The number of rotatable bonds is 9. The van der Waals surface area contributed by atoms with Crippen LogP contribution in [0.4, 0.5) is 0 Å². The van der Waals surface area contributed by atoms with Crippen LogP contribution >= 0.6 is 0 Å². The number of aryl methyl sites for hydroxylation is 1. The predicted octanol–water partition coefficient (Wildman–Crippen LogP) is 3.89. The minimum absolute atomic E-state index is 0.321. The average Bonchev–Trinajstić information content (AvgIpc) is 2.37. The van der Waals surface area contributed by atoms with Gasteiger partial charge in [-0.1, -0.05) is 36.8 Å². The van der Waals surface area contributed by atoms with Crippen molar-refractivity contribution in [1.29, 1.82) is 0 Å². The van der Waals surface area contributed by atoms with E-state index in [-0.39, 0.29) is 0 Å². The van der Waals surface area contributed by atoms with Gasteiger partial charge in [-0.3, -0.25) is 0 Å². The van der Waals surface area contributed by atoms with E-state index in [9.17, 15) is 0 Å². The fourth-order valence-corrected chi connectivity index (χ4v) is 2.21. The van der Waals surface area contributed by atoms with E-state index in [0.29, 0.717) is 12.0 Å². The molecule has 108 valence electrons. The van der Waals surface area contributed by atoms with Crippen LogP contribution in [0.5, 0.6) is 0 Å². The second kappa shape index (κ2) is 9.11. The van der Waals surface area contributed by atoms with Gasteiger partial charge in [-0.25, -0.2) is 0 Å². The topological polar surface area (TPSA) is 21.3 Å². The summed E-state index contributed by atoms with van der Waals surface area (Å²) in [7, 11) is 0. The highest BCUT2D eigenvalue weighted by Gasteiger charge is 2.11. The molecule has 1 aromatic rings. The minimum atomic E-state index is 0.321. The van der Waals surface area contributed by atoms with E-state index in [1.54, 1.807) is 0 Å². The van der Waals surface area contributed by atoms with Gasteiger partial charge >= 0.3 is 0 Å². The highest BCUT2D eigenvalue weighted by molar-refractivity contribution is 5.25. The molecule has 1 atom stereocenters. The van der Waals surface area contributed by atoms with Gasteiger partial charge in [0.25, 0.3) is 0 Å². The fourth-order valence-electron chi connectivity index (χ4n) is 2.21. The number of nitrogens with one attached hydrogen (secondary N) is 1. The van der Waals surface area contributed by atoms with Crippen LogP contribution in [0, 0.1) is 6.92 Å². The maximum atomic E-state index is 5.70. The molecule has 19 heavy (non-hydrogen) atoms. The lowest BCUT2D eigenvalue weighted by atomic mass is 9.94. The van der Waals surface area contributed by atoms with Gasteiger partial charge in [0, 0.05) is 13.2 Å². The molecule has 0 aliphatic rings. The van der Waals surface area contributed by atoms with E-state index in [4.69, 9.17) is 4.74 Å². The minimum Gasteiger partial charge on any atom is -0.379 e. The van der Waals surface area contributed by atoms with E-state index in [2.05, 4.69) is 57.3 Å². The number of hydrogen-bond acceptors (Lipinski definition) is 2. The molecule has 0 aliphatic heterocycles. The van der Waals surface area contributed by atoms with Crippen molar-refractivity contribution in [2.24, 2.45) is 0 Å². The summed E-state index contributed by atoms with van der Waals surface area (Å²) in [6, 6.07) is 8.85. The molecule has 0 saturated carbocycles. The fraction of sp³-hybridized carbons (Fsp3) is 0.647. The van der Waals surface area contributed by atoms with Crippen molar-refractivity contribution in [2.75, 3.05) is 19.7 Å². The van der Waals surface area contributed by atoms with Gasteiger partial charge in [0.1, 0.15) is 0 Å². The summed E-state index contributed by atoms with van der Waals surface area (Å²) in [5.74, 6) is 0.546. The first kappa shape index (κ1) is 16.2. The molecule has 1 rings (SSSR count). The molecule has 2 nitrogen and oxygen atoms in total. The van der Waals surface area contributed by atoms with Gasteiger partial charge in [-0.15, -0.1) is 0 Å². The zero-order valence-corrected chi connectivity index (χ0v) is 12.9. The molecular weight excluding hydrogens is 234 g/mol. The first-order valence-corrected chi connectivity index (χ1v) is 7.52. The Morgan fingerprint density at radius 2 is 2.05 bits per heavy atom. The SMILES string of the molecule is CCCNCC(CCOC(C)C)c1cccc(C)c1. The molecule has 0 saturated heterocycles. The third-order valence-electron chi connectivity index (χ3n) is 3.25. The Kier molecular flexibility index (Phi) is 7.76. The van der Waals surface area contributed by atoms with Crippen LogP contribution in [-0.4, -0.2) is 25.8 Å². The van der Waals surface area contributed by atoms with Crippen molar-refractivity contribution in [1.82, 2.24) is 5.32 Å². The maximum Gasteiger partial charge on any atom is 0.0518 e. The summed E-state index contributed by atoms with van der Waals surface area (Å²) in [4.78, 5) is 0. The molecule has 0 radical (unpaired) electrons. The largest absolute Gasteiger partial charge is 0.379 e. The third kappa shape index (κ3) is 6.74. The van der Waals surface area contributed by atoms with Crippen molar-refractivity contribution in [2.45, 2.75) is 52.6 Å². The van der Waals surface area contributed by atoms with Crippen LogP contribution in [0.1, 0.15) is 50.7 Å².